The SMILES string of the molecule is Cc1cc(C)cc(CC(=O)N(Cc2ccc(F)cc2)C(Cc2ccccc2)C(=O)NCC(C)C)c1. The van der Waals surface area contributed by atoms with Crippen LogP contribution in [0.1, 0.15) is 41.7 Å². The molecular weight excluding hydrogens is 439 g/mol. The zero-order valence-electron chi connectivity index (χ0n) is 21.1. The van der Waals surface area contributed by atoms with Gasteiger partial charge in [-0.25, -0.2) is 4.39 Å². The topological polar surface area (TPSA) is 49.4 Å². The van der Waals surface area contributed by atoms with Gasteiger partial charge in [0.25, 0.3) is 0 Å². The van der Waals surface area contributed by atoms with E-state index < -0.39 is 6.04 Å². The quantitative estimate of drug-likeness (QED) is 0.428. The van der Waals surface area contributed by atoms with Crippen molar-refractivity contribution in [3.8, 4) is 0 Å². The molecule has 1 unspecified atom stereocenters. The number of aryl methyl sites for hydroxylation is 2. The van der Waals surface area contributed by atoms with Crippen molar-refractivity contribution in [3.63, 3.8) is 0 Å². The minimum absolute atomic E-state index is 0.139. The number of benzene rings is 3. The molecule has 0 aliphatic heterocycles. The van der Waals surface area contributed by atoms with Crippen LogP contribution < -0.4 is 5.32 Å². The van der Waals surface area contributed by atoms with E-state index >= 15 is 0 Å². The van der Waals surface area contributed by atoms with Crippen molar-refractivity contribution in [2.45, 2.75) is 53.1 Å². The van der Waals surface area contributed by atoms with Gasteiger partial charge in [0.2, 0.25) is 11.8 Å². The summed E-state index contributed by atoms with van der Waals surface area (Å²) in [6.07, 6.45) is 0.580. The molecule has 0 spiro atoms. The van der Waals surface area contributed by atoms with E-state index in [2.05, 4.69) is 11.4 Å². The molecule has 1 N–H and O–H groups in total. The Labute approximate surface area is 208 Å². The number of hydrogen-bond donors (Lipinski definition) is 1. The molecule has 3 aromatic rings. The number of amides is 2. The molecule has 0 saturated carbocycles. The number of nitrogens with one attached hydrogen (secondary N) is 1. The van der Waals surface area contributed by atoms with Gasteiger partial charge < -0.3 is 10.2 Å². The van der Waals surface area contributed by atoms with Gasteiger partial charge in [0.05, 0.1) is 6.42 Å². The van der Waals surface area contributed by atoms with Gasteiger partial charge in [-0.1, -0.05) is 85.6 Å². The van der Waals surface area contributed by atoms with Crippen LogP contribution in [0.2, 0.25) is 0 Å². The standard InChI is InChI=1S/C30H35FN2O2/c1-21(2)19-32-30(35)28(17-24-8-6-5-7-9-24)33(20-25-10-12-27(31)13-11-25)29(34)18-26-15-22(3)14-23(4)16-26/h5-16,21,28H,17-20H2,1-4H3,(H,32,35). The predicted octanol–water partition coefficient (Wildman–Crippen LogP) is 5.40. The van der Waals surface area contributed by atoms with E-state index in [1.807, 2.05) is 70.2 Å². The van der Waals surface area contributed by atoms with Crippen LogP contribution in [0.4, 0.5) is 4.39 Å². The lowest BCUT2D eigenvalue weighted by atomic mass is 10.00. The molecule has 5 heteroatoms. The highest BCUT2D eigenvalue weighted by atomic mass is 19.1. The van der Waals surface area contributed by atoms with Crippen molar-refractivity contribution < 1.29 is 14.0 Å². The molecule has 0 aromatic heterocycles. The molecule has 35 heavy (non-hydrogen) atoms. The van der Waals surface area contributed by atoms with Crippen LogP contribution in [0.25, 0.3) is 0 Å². The average molecular weight is 475 g/mol. The van der Waals surface area contributed by atoms with Crippen molar-refractivity contribution >= 4 is 11.8 Å². The maximum absolute atomic E-state index is 13.8. The van der Waals surface area contributed by atoms with Crippen LogP contribution in [0.15, 0.2) is 72.8 Å². The third-order valence-electron chi connectivity index (χ3n) is 5.86. The highest BCUT2D eigenvalue weighted by Gasteiger charge is 2.30. The zero-order valence-corrected chi connectivity index (χ0v) is 21.1. The highest BCUT2D eigenvalue weighted by Crippen LogP contribution is 2.18. The van der Waals surface area contributed by atoms with Crippen molar-refractivity contribution in [2.75, 3.05) is 6.54 Å². The number of hydrogen-bond acceptors (Lipinski definition) is 2. The summed E-state index contributed by atoms with van der Waals surface area (Å²) in [7, 11) is 0. The molecule has 0 saturated heterocycles. The molecule has 0 radical (unpaired) electrons. The first-order valence-electron chi connectivity index (χ1n) is 12.1. The fourth-order valence-corrected chi connectivity index (χ4v) is 4.21. The van der Waals surface area contributed by atoms with E-state index in [1.165, 1.54) is 12.1 Å². The minimum atomic E-state index is -0.695. The van der Waals surface area contributed by atoms with Gasteiger partial charge in [0, 0.05) is 19.5 Å². The molecule has 2 amide bonds. The van der Waals surface area contributed by atoms with Crippen molar-refractivity contribution in [1.82, 2.24) is 10.2 Å². The lowest BCUT2D eigenvalue weighted by molar-refractivity contribution is -0.140. The largest absolute Gasteiger partial charge is 0.354 e. The zero-order chi connectivity index (χ0) is 25.4. The molecule has 3 aromatic carbocycles. The van der Waals surface area contributed by atoms with Gasteiger partial charge in [-0.2, -0.15) is 0 Å². The monoisotopic (exact) mass is 474 g/mol. The molecule has 0 bridgehead atoms. The third kappa shape index (κ3) is 8.06. The Morgan fingerprint density at radius 2 is 1.49 bits per heavy atom. The Kier molecular flexibility index (Phi) is 9.18. The van der Waals surface area contributed by atoms with E-state index in [0.717, 1.165) is 27.8 Å². The van der Waals surface area contributed by atoms with E-state index in [-0.39, 0.29) is 36.5 Å². The lowest BCUT2D eigenvalue weighted by Gasteiger charge is -2.32. The highest BCUT2D eigenvalue weighted by molar-refractivity contribution is 5.88. The summed E-state index contributed by atoms with van der Waals surface area (Å²) in [5, 5.41) is 3.02. The third-order valence-corrected chi connectivity index (χ3v) is 5.86. The number of halogens is 1. The maximum Gasteiger partial charge on any atom is 0.243 e. The second-order valence-corrected chi connectivity index (χ2v) is 9.67. The smallest absolute Gasteiger partial charge is 0.243 e. The van der Waals surface area contributed by atoms with E-state index in [0.29, 0.717) is 13.0 Å². The first-order valence-corrected chi connectivity index (χ1v) is 12.1. The first kappa shape index (κ1) is 26.1. The maximum atomic E-state index is 13.8. The molecule has 0 heterocycles. The molecule has 4 nitrogen and oxygen atoms in total. The summed E-state index contributed by atoms with van der Waals surface area (Å²) < 4.78 is 13.6. The fraction of sp³-hybridized carbons (Fsp3) is 0.333. The summed E-state index contributed by atoms with van der Waals surface area (Å²) >= 11 is 0. The normalized spacial score (nSPS) is 11.8. The van der Waals surface area contributed by atoms with Crippen LogP contribution in [0, 0.1) is 25.6 Å². The second-order valence-electron chi connectivity index (χ2n) is 9.67. The van der Waals surface area contributed by atoms with Gasteiger partial charge in [0.1, 0.15) is 11.9 Å². The van der Waals surface area contributed by atoms with Crippen molar-refractivity contribution in [2.24, 2.45) is 5.92 Å². The van der Waals surface area contributed by atoms with Crippen LogP contribution in [0.3, 0.4) is 0 Å². The Hall–Kier alpha value is -3.47. The Balaban J connectivity index is 1.96. The van der Waals surface area contributed by atoms with Crippen LogP contribution in [0.5, 0.6) is 0 Å². The summed E-state index contributed by atoms with van der Waals surface area (Å²) in [5.74, 6) is -0.372. The Bertz CT molecular complexity index is 1110. The molecule has 0 aliphatic rings. The van der Waals surface area contributed by atoms with Gasteiger partial charge in [-0.15, -0.1) is 0 Å². The fourth-order valence-electron chi connectivity index (χ4n) is 4.21. The molecule has 184 valence electrons. The van der Waals surface area contributed by atoms with Gasteiger partial charge >= 0.3 is 0 Å². The van der Waals surface area contributed by atoms with Crippen molar-refractivity contribution in [1.29, 1.82) is 0 Å². The molecule has 3 rings (SSSR count). The molecule has 1 atom stereocenters. The summed E-state index contributed by atoms with van der Waals surface area (Å²) in [5.41, 5.74) is 4.84. The minimum Gasteiger partial charge on any atom is -0.354 e. The molecule has 0 aliphatic carbocycles. The summed E-state index contributed by atoms with van der Waals surface area (Å²) in [4.78, 5) is 28.8. The predicted molar refractivity (Wildman–Crippen MR) is 138 cm³/mol. The van der Waals surface area contributed by atoms with Crippen molar-refractivity contribution in [3.05, 3.63) is 106 Å². The average Bonchev–Trinajstić information content (AvgIpc) is 2.81. The van der Waals surface area contributed by atoms with E-state index in [1.54, 1.807) is 17.0 Å². The summed E-state index contributed by atoms with van der Waals surface area (Å²) in [6.45, 7) is 8.84. The molecular formula is C30H35FN2O2. The van der Waals surface area contributed by atoms with Crippen LogP contribution in [-0.2, 0) is 29.0 Å². The van der Waals surface area contributed by atoms with E-state index in [4.69, 9.17) is 0 Å². The number of carbonyl (C=O) groups is 2. The lowest BCUT2D eigenvalue weighted by Crippen LogP contribution is -2.51. The Morgan fingerprint density at radius 3 is 2.09 bits per heavy atom. The van der Waals surface area contributed by atoms with Crippen LogP contribution in [-0.4, -0.2) is 29.3 Å². The number of carbonyl (C=O) groups excluding carboxylic acids is 2. The molecule has 0 fully saturated rings. The van der Waals surface area contributed by atoms with Crippen LogP contribution >= 0.6 is 0 Å². The van der Waals surface area contributed by atoms with Gasteiger partial charge in [-0.05, 0) is 48.6 Å². The second kappa shape index (κ2) is 12.3. The first-order chi connectivity index (χ1) is 16.7. The van der Waals surface area contributed by atoms with E-state index in [9.17, 15) is 14.0 Å². The van der Waals surface area contributed by atoms with Gasteiger partial charge in [0.15, 0.2) is 0 Å². The van der Waals surface area contributed by atoms with Gasteiger partial charge in [-0.3, -0.25) is 9.59 Å². The number of nitrogens with zero attached hydrogens (tertiary/aromatic N) is 1. The summed E-state index contributed by atoms with van der Waals surface area (Å²) in [6, 6.07) is 21.2. The number of rotatable bonds is 10. The Morgan fingerprint density at radius 1 is 0.857 bits per heavy atom.